The van der Waals surface area contributed by atoms with Crippen LogP contribution in [0, 0.1) is 17.5 Å². The van der Waals surface area contributed by atoms with E-state index in [4.69, 9.17) is 4.74 Å². The van der Waals surface area contributed by atoms with Gasteiger partial charge in [-0.1, -0.05) is 24.3 Å². The number of allylic oxidation sites excluding steroid dienone is 1. The molecule has 0 heterocycles. The lowest BCUT2D eigenvalue weighted by atomic mass is 10.0. The van der Waals surface area contributed by atoms with Crippen LogP contribution in [0.3, 0.4) is 0 Å². The Balaban J connectivity index is 2.59. The van der Waals surface area contributed by atoms with Gasteiger partial charge in [-0.05, 0) is 31.2 Å². The molecule has 0 aliphatic rings. The molecule has 0 aromatic heterocycles. The molecule has 2 aromatic carbocycles. The zero-order valence-corrected chi connectivity index (χ0v) is 15.1. The number of rotatable bonds is 8. The van der Waals surface area contributed by atoms with Gasteiger partial charge in [0.1, 0.15) is 18.2 Å². The molecule has 0 N–H and O–H groups in total. The number of carbonyl (C=O) groups is 1. The average Bonchev–Trinajstić information content (AvgIpc) is 2.62. The Hall–Kier alpha value is -3.02. The number of carbonyl (C=O) groups excluding carboxylic acids is 1. The first-order valence-electron chi connectivity index (χ1n) is 8.29. The van der Waals surface area contributed by atoms with E-state index in [1.165, 1.54) is 12.1 Å². The molecule has 2 aromatic rings. The lowest BCUT2D eigenvalue weighted by Crippen LogP contribution is -2.19. The van der Waals surface area contributed by atoms with Gasteiger partial charge in [0, 0.05) is 13.6 Å². The first-order valence-corrected chi connectivity index (χ1v) is 8.29. The van der Waals surface area contributed by atoms with Crippen LogP contribution in [-0.4, -0.2) is 26.0 Å². The predicted molar refractivity (Wildman–Crippen MR) is 100.0 cm³/mol. The van der Waals surface area contributed by atoms with E-state index < -0.39 is 28.8 Å². The van der Waals surface area contributed by atoms with Gasteiger partial charge in [0.05, 0.1) is 16.8 Å². The number of nitrogens with zero attached hydrogens (tertiary/aromatic N) is 1. The third-order valence-electron chi connectivity index (χ3n) is 3.88. The summed E-state index contributed by atoms with van der Waals surface area (Å²) in [5, 5.41) is 0. The van der Waals surface area contributed by atoms with Crippen LogP contribution < -0.4 is 9.64 Å². The van der Waals surface area contributed by atoms with E-state index in [-0.39, 0.29) is 23.6 Å². The molecule has 0 saturated heterocycles. The van der Waals surface area contributed by atoms with Crippen LogP contribution in [0.1, 0.15) is 22.8 Å². The molecule has 6 heteroatoms. The number of ketones is 1. The highest BCUT2D eigenvalue weighted by Crippen LogP contribution is 2.33. The number of ether oxygens (including phenoxy) is 1. The van der Waals surface area contributed by atoms with Gasteiger partial charge in [-0.2, -0.15) is 0 Å². The smallest absolute Gasteiger partial charge is 0.202 e. The summed E-state index contributed by atoms with van der Waals surface area (Å²) in [6, 6.07) is 5.77. The molecule has 0 aliphatic heterocycles. The number of benzene rings is 2. The van der Waals surface area contributed by atoms with Crippen molar-refractivity contribution in [1.82, 2.24) is 0 Å². The SMILES string of the molecule is C=CCN(C)c1ccc(C(=O)c2c(F)cccc2F)c(OCC=CC)c1F. The Morgan fingerprint density at radius 1 is 1.19 bits per heavy atom. The number of hydrogen-bond acceptors (Lipinski definition) is 3. The standard InChI is InChI=1S/C21H20F3NO2/c1-4-6-13-27-21-14(10-11-17(19(21)24)25(3)12-5-2)20(26)18-15(22)8-7-9-16(18)23/h4-11H,2,12-13H2,1,3H3. The van der Waals surface area contributed by atoms with Gasteiger partial charge < -0.3 is 9.64 Å². The highest BCUT2D eigenvalue weighted by Gasteiger charge is 2.26. The maximum absolute atomic E-state index is 15.0. The maximum Gasteiger partial charge on any atom is 0.202 e. The van der Waals surface area contributed by atoms with E-state index in [0.717, 1.165) is 18.2 Å². The summed E-state index contributed by atoms with van der Waals surface area (Å²) in [4.78, 5) is 14.3. The van der Waals surface area contributed by atoms with E-state index in [2.05, 4.69) is 6.58 Å². The van der Waals surface area contributed by atoms with Crippen LogP contribution in [0.2, 0.25) is 0 Å². The molecule has 3 nitrogen and oxygen atoms in total. The fourth-order valence-electron chi connectivity index (χ4n) is 2.53. The summed E-state index contributed by atoms with van der Waals surface area (Å²) in [7, 11) is 1.65. The highest BCUT2D eigenvalue weighted by atomic mass is 19.1. The van der Waals surface area contributed by atoms with Gasteiger partial charge in [-0.15, -0.1) is 6.58 Å². The number of hydrogen-bond donors (Lipinski definition) is 0. The lowest BCUT2D eigenvalue weighted by Gasteiger charge is -2.21. The second kappa shape index (κ2) is 9.07. The number of halogens is 3. The topological polar surface area (TPSA) is 29.5 Å². The minimum absolute atomic E-state index is 0.00206. The molecule has 0 saturated carbocycles. The fourth-order valence-corrected chi connectivity index (χ4v) is 2.53. The van der Waals surface area contributed by atoms with E-state index in [1.807, 2.05) is 0 Å². The molecule has 0 unspecified atom stereocenters. The lowest BCUT2D eigenvalue weighted by molar-refractivity contribution is 0.102. The van der Waals surface area contributed by atoms with Crippen LogP contribution in [-0.2, 0) is 0 Å². The van der Waals surface area contributed by atoms with Crippen molar-refractivity contribution in [3.05, 3.63) is 83.7 Å². The van der Waals surface area contributed by atoms with Crippen molar-refractivity contribution in [3.63, 3.8) is 0 Å². The zero-order valence-electron chi connectivity index (χ0n) is 15.1. The van der Waals surface area contributed by atoms with Crippen LogP contribution in [0.5, 0.6) is 5.75 Å². The number of anilines is 1. The Morgan fingerprint density at radius 3 is 2.44 bits per heavy atom. The summed E-state index contributed by atoms with van der Waals surface area (Å²) < 4.78 is 48.5. The minimum Gasteiger partial charge on any atom is -0.486 e. The highest BCUT2D eigenvalue weighted by molar-refractivity contribution is 6.11. The molecule has 27 heavy (non-hydrogen) atoms. The van der Waals surface area contributed by atoms with Gasteiger partial charge in [0.2, 0.25) is 5.78 Å². The molecule has 142 valence electrons. The molecular weight excluding hydrogens is 355 g/mol. The monoisotopic (exact) mass is 375 g/mol. The van der Waals surface area contributed by atoms with Gasteiger partial charge in [0.25, 0.3) is 0 Å². The molecule has 0 amide bonds. The van der Waals surface area contributed by atoms with E-state index in [9.17, 15) is 13.6 Å². The van der Waals surface area contributed by atoms with Gasteiger partial charge >= 0.3 is 0 Å². The van der Waals surface area contributed by atoms with E-state index in [0.29, 0.717) is 6.54 Å². The van der Waals surface area contributed by atoms with Crippen molar-refractivity contribution < 1.29 is 22.7 Å². The molecule has 0 radical (unpaired) electrons. The molecule has 0 fully saturated rings. The normalized spacial score (nSPS) is 10.9. The molecular formula is C21H20F3NO2. The van der Waals surface area contributed by atoms with Crippen molar-refractivity contribution >= 4 is 11.5 Å². The maximum atomic E-state index is 15.0. The van der Waals surface area contributed by atoms with Gasteiger partial charge in [-0.3, -0.25) is 4.79 Å². The van der Waals surface area contributed by atoms with Crippen molar-refractivity contribution in [1.29, 1.82) is 0 Å². The van der Waals surface area contributed by atoms with Crippen molar-refractivity contribution in [2.24, 2.45) is 0 Å². The van der Waals surface area contributed by atoms with Crippen LogP contribution in [0.4, 0.5) is 18.9 Å². The van der Waals surface area contributed by atoms with Crippen LogP contribution in [0.25, 0.3) is 0 Å². The molecule has 0 spiro atoms. The Morgan fingerprint density at radius 2 is 1.85 bits per heavy atom. The van der Waals surface area contributed by atoms with Gasteiger partial charge in [0.15, 0.2) is 11.6 Å². The van der Waals surface area contributed by atoms with Crippen molar-refractivity contribution in [2.45, 2.75) is 6.92 Å². The third kappa shape index (κ3) is 4.39. The summed E-state index contributed by atoms with van der Waals surface area (Å²) >= 11 is 0. The Bertz CT molecular complexity index is 858. The third-order valence-corrected chi connectivity index (χ3v) is 3.88. The van der Waals surface area contributed by atoms with Gasteiger partial charge in [-0.25, -0.2) is 13.2 Å². The average molecular weight is 375 g/mol. The largest absolute Gasteiger partial charge is 0.486 e. The quantitative estimate of drug-likeness (QED) is 0.485. The first kappa shape index (κ1) is 20.3. The summed E-state index contributed by atoms with van der Waals surface area (Å²) in [5.41, 5.74) is -0.826. The fraction of sp³-hybridized carbons (Fsp3) is 0.190. The van der Waals surface area contributed by atoms with E-state index in [1.54, 1.807) is 37.1 Å². The minimum atomic E-state index is -1.02. The number of likely N-dealkylation sites (N-methyl/N-ethyl adjacent to an activating group) is 1. The second-order valence-electron chi connectivity index (χ2n) is 5.75. The summed E-state index contributed by atoms with van der Waals surface area (Å²) in [6.07, 6.45) is 4.91. The molecule has 0 atom stereocenters. The molecule has 2 rings (SSSR count). The molecule has 0 aliphatic carbocycles. The summed E-state index contributed by atoms with van der Waals surface area (Å²) in [6.45, 7) is 5.72. The van der Waals surface area contributed by atoms with Crippen molar-refractivity contribution in [3.8, 4) is 5.75 Å². The Labute approximate surface area is 156 Å². The predicted octanol–water partition coefficient (Wildman–Crippen LogP) is 4.91. The first-order chi connectivity index (χ1) is 12.9. The second-order valence-corrected chi connectivity index (χ2v) is 5.75. The van der Waals surface area contributed by atoms with Crippen LogP contribution in [0.15, 0.2) is 55.1 Å². The molecule has 0 bridgehead atoms. The van der Waals surface area contributed by atoms with E-state index >= 15 is 4.39 Å². The zero-order chi connectivity index (χ0) is 20.0. The van der Waals surface area contributed by atoms with Crippen LogP contribution >= 0.6 is 0 Å². The summed E-state index contributed by atoms with van der Waals surface area (Å²) in [5.74, 6) is -4.17. The Kier molecular flexibility index (Phi) is 6.82. The van der Waals surface area contributed by atoms with Crippen molar-refractivity contribution in [2.75, 3.05) is 25.1 Å².